The Morgan fingerprint density at radius 2 is 2.26 bits per heavy atom. The maximum Gasteiger partial charge on any atom is 0.170 e. The van der Waals surface area contributed by atoms with Gasteiger partial charge in [-0.05, 0) is 44.4 Å². The molecule has 3 N–H and O–H groups in total. The predicted molar refractivity (Wildman–Crippen MR) is 79.2 cm³/mol. The van der Waals surface area contributed by atoms with Gasteiger partial charge in [0.2, 0.25) is 0 Å². The van der Waals surface area contributed by atoms with Crippen LogP contribution in [-0.4, -0.2) is 23.1 Å². The lowest BCUT2D eigenvalue weighted by molar-refractivity contribution is 0.318. The second-order valence-electron chi connectivity index (χ2n) is 5.05. The summed E-state index contributed by atoms with van der Waals surface area (Å²) >= 11 is 6.36. The Morgan fingerprint density at radius 3 is 2.84 bits per heavy atom. The molecule has 0 radical (unpaired) electrons. The lowest BCUT2D eigenvalue weighted by atomic mass is 10.1. The molecule has 0 aliphatic carbocycles. The largest absolute Gasteiger partial charge is 0.409 e. The lowest BCUT2D eigenvalue weighted by Crippen LogP contribution is -2.34. The van der Waals surface area contributed by atoms with Gasteiger partial charge in [-0.15, -0.1) is 0 Å². The molecule has 2 rings (SSSR count). The first-order valence-corrected chi connectivity index (χ1v) is 7.02. The molecule has 19 heavy (non-hydrogen) atoms. The van der Waals surface area contributed by atoms with Crippen LogP contribution in [-0.2, 0) is 0 Å². The quantitative estimate of drug-likeness (QED) is 0.387. The molecule has 1 saturated heterocycles. The maximum atomic E-state index is 8.69. The van der Waals surface area contributed by atoms with Crippen molar-refractivity contribution in [3.63, 3.8) is 0 Å². The van der Waals surface area contributed by atoms with E-state index >= 15 is 0 Å². The number of benzene rings is 1. The van der Waals surface area contributed by atoms with Gasteiger partial charge in [0.05, 0.1) is 10.7 Å². The Balaban J connectivity index is 2.35. The van der Waals surface area contributed by atoms with E-state index < -0.39 is 0 Å². The zero-order chi connectivity index (χ0) is 14.0. The van der Waals surface area contributed by atoms with Crippen molar-refractivity contribution in [2.45, 2.75) is 45.2 Å². The van der Waals surface area contributed by atoms with Gasteiger partial charge in [0.25, 0.3) is 0 Å². The van der Waals surface area contributed by atoms with Crippen molar-refractivity contribution >= 4 is 23.1 Å². The second kappa shape index (κ2) is 5.70. The topological polar surface area (TPSA) is 61.8 Å². The molecule has 1 heterocycles. The molecule has 1 fully saturated rings. The summed E-state index contributed by atoms with van der Waals surface area (Å²) in [5.74, 6) is 0.0787. The Labute approximate surface area is 118 Å². The molecule has 2 atom stereocenters. The average Bonchev–Trinajstić information content (AvgIpc) is 2.78. The van der Waals surface area contributed by atoms with Crippen LogP contribution in [0.1, 0.15) is 38.7 Å². The molecule has 0 spiro atoms. The van der Waals surface area contributed by atoms with Gasteiger partial charge in [0.1, 0.15) is 0 Å². The summed E-state index contributed by atoms with van der Waals surface area (Å²) in [5.41, 5.74) is 7.25. The Kier molecular flexibility index (Phi) is 4.20. The fourth-order valence-electron chi connectivity index (χ4n) is 2.84. The third-order valence-electron chi connectivity index (χ3n) is 3.89. The van der Waals surface area contributed by atoms with Crippen LogP contribution in [0.4, 0.5) is 5.69 Å². The summed E-state index contributed by atoms with van der Waals surface area (Å²) in [7, 11) is 0. The summed E-state index contributed by atoms with van der Waals surface area (Å²) in [5, 5.41) is 12.3. The molecule has 1 aliphatic rings. The van der Waals surface area contributed by atoms with Crippen LogP contribution in [0.25, 0.3) is 0 Å². The first-order valence-electron chi connectivity index (χ1n) is 6.64. The van der Waals surface area contributed by atoms with Gasteiger partial charge in [0, 0.05) is 17.6 Å². The third-order valence-corrected chi connectivity index (χ3v) is 4.19. The van der Waals surface area contributed by atoms with Crippen molar-refractivity contribution in [2.75, 3.05) is 4.90 Å². The number of oxime groups is 1. The van der Waals surface area contributed by atoms with Crippen LogP contribution in [0.2, 0.25) is 5.02 Å². The summed E-state index contributed by atoms with van der Waals surface area (Å²) < 4.78 is 0. The highest BCUT2D eigenvalue weighted by molar-refractivity contribution is 6.33. The molecule has 0 amide bonds. The lowest BCUT2D eigenvalue weighted by Gasteiger charge is -2.31. The van der Waals surface area contributed by atoms with Gasteiger partial charge < -0.3 is 15.8 Å². The smallest absolute Gasteiger partial charge is 0.170 e. The molecule has 1 aliphatic heterocycles. The van der Waals surface area contributed by atoms with E-state index in [2.05, 4.69) is 23.9 Å². The molecule has 104 valence electrons. The molecule has 0 aromatic heterocycles. The predicted octanol–water partition coefficient (Wildman–Crippen LogP) is 3.20. The number of hydrogen-bond acceptors (Lipinski definition) is 3. The second-order valence-corrected chi connectivity index (χ2v) is 5.45. The van der Waals surface area contributed by atoms with Crippen molar-refractivity contribution in [3.05, 3.63) is 28.8 Å². The van der Waals surface area contributed by atoms with E-state index in [9.17, 15) is 0 Å². The fourth-order valence-corrected chi connectivity index (χ4v) is 3.12. The third kappa shape index (κ3) is 2.63. The summed E-state index contributed by atoms with van der Waals surface area (Å²) in [6.07, 6.45) is 3.51. The van der Waals surface area contributed by atoms with E-state index in [1.165, 1.54) is 12.8 Å². The number of anilines is 1. The monoisotopic (exact) mass is 281 g/mol. The zero-order valence-electron chi connectivity index (χ0n) is 11.3. The van der Waals surface area contributed by atoms with Crippen molar-refractivity contribution < 1.29 is 5.21 Å². The summed E-state index contributed by atoms with van der Waals surface area (Å²) in [4.78, 5) is 2.39. The van der Waals surface area contributed by atoms with E-state index in [1.807, 2.05) is 12.1 Å². The SMILES string of the molecule is CCC1CCC(C)N1c1ccc(/C(N)=N/O)cc1Cl. The van der Waals surface area contributed by atoms with Crippen molar-refractivity contribution in [1.29, 1.82) is 0 Å². The van der Waals surface area contributed by atoms with Gasteiger partial charge >= 0.3 is 0 Å². The van der Waals surface area contributed by atoms with Gasteiger partial charge in [-0.1, -0.05) is 23.7 Å². The Hall–Kier alpha value is -1.42. The average molecular weight is 282 g/mol. The highest BCUT2D eigenvalue weighted by Crippen LogP contribution is 2.36. The molecule has 5 heteroatoms. The Bertz CT molecular complexity index is 490. The highest BCUT2D eigenvalue weighted by atomic mass is 35.5. The van der Waals surface area contributed by atoms with Crippen LogP contribution in [0, 0.1) is 0 Å². The molecule has 0 saturated carbocycles. The van der Waals surface area contributed by atoms with Crippen LogP contribution < -0.4 is 10.6 Å². The number of halogens is 1. The zero-order valence-corrected chi connectivity index (χ0v) is 12.1. The normalized spacial score (nSPS) is 23.9. The van der Waals surface area contributed by atoms with Crippen LogP contribution >= 0.6 is 11.6 Å². The molecule has 1 aromatic carbocycles. The molecular weight excluding hydrogens is 262 g/mol. The summed E-state index contributed by atoms with van der Waals surface area (Å²) in [6.45, 7) is 4.43. The van der Waals surface area contributed by atoms with Crippen LogP contribution in [0.15, 0.2) is 23.4 Å². The van der Waals surface area contributed by atoms with Gasteiger partial charge in [-0.2, -0.15) is 0 Å². The van der Waals surface area contributed by atoms with E-state index in [-0.39, 0.29) is 5.84 Å². The van der Waals surface area contributed by atoms with Crippen molar-refractivity contribution in [3.8, 4) is 0 Å². The molecular formula is C14H20ClN3O. The van der Waals surface area contributed by atoms with Crippen molar-refractivity contribution in [1.82, 2.24) is 0 Å². The number of nitrogens with two attached hydrogens (primary N) is 1. The van der Waals surface area contributed by atoms with Gasteiger partial charge in [0.15, 0.2) is 5.84 Å². The van der Waals surface area contributed by atoms with E-state index in [0.717, 1.165) is 12.1 Å². The number of rotatable bonds is 3. The number of amidine groups is 1. The van der Waals surface area contributed by atoms with Gasteiger partial charge in [-0.25, -0.2) is 0 Å². The minimum atomic E-state index is 0.0787. The molecule has 0 bridgehead atoms. The van der Waals surface area contributed by atoms with Crippen LogP contribution in [0.3, 0.4) is 0 Å². The standard InChI is InChI=1S/C14H20ClN3O/c1-3-11-6-4-9(2)18(11)13-7-5-10(8-12(13)15)14(16)17-19/h5,7-9,11,19H,3-4,6H2,1-2H3,(H2,16,17). The van der Waals surface area contributed by atoms with E-state index in [4.69, 9.17) is 22.5 Å². The first kappa shape index (κ1) is 14.0. The van der Waals surface area contributed by atoms with Crippen molar-refractivity contribution in [2.24, 2.45) is 10.9 Å². The van der Waals surface area contributed by atoms with E-state index in [1.54, 1.807) is 6.07 Å². The minimum absolute atomic E-state index is 0.0787. The van der Waals surface area contributed by atoms with Crippen LogP contribution in [0.5, 0.6) is 0 Å². The number of hydrogen-bond donors (Lipinski definition) is 2. The maximum absolute atomic E-state index is 8.69. The highest BCUT2D eigenvalue weighted by Gasteiger charge is 2.30. The number of nitrogens with zero attached hydrogens (tertiary/aromatic N) is 2. The first-order chi connectivity index (χ1) is 9.08. The van der Waals surface area contributed by atoms with Gasteiger partial charge in [-0.3, -0.25) is 0 Å². The Morgan fingerprint density at radius 1 is 1.53 bits per heavy atom. The minimum Gasteiger partial charge on any atom is -0.409 e. The van der Waals surface area contributed by atoms with E-state index in [0.29, 0.717) is 22.7 Å². The molecule has 2 unspecified atom stereocenters. The fraction of sp³-hybridized carbons (Fsp3) is 0.500. The molecule has 1 aromatic rings. The summed E-state index contributed by atoms with van der Waals surface area (Å²) in [6, 6.07) is 6.59. The molecule has 4 nitrogen and oxygen atoms in total.